The predicted molar refractivity (Wildman–Crippen MR) is 147 cm³/mol. The minimum Gasteiger partial charge on any atom is -0.454 e. The Kier molecular flexibility index (Phi) is 7.25. The third-order valence-corrected chi connectivity index (χ3v) is 7.05. The van der Waals surface area contributed by atoms with E-state index < -0.39 is 5.60 Å². The molecule has 0 saturated carbocycles. The molecule has 2 aromatic carbocycles. The lowest BCUT2D eigenvalue weighted by molar-refractivity contribution is 0.0203. The van der Waals surface area contributed by atoms with E-state index in [0.29, 0.717) is 49.5 Å². The number of ether oxygens (including phenoxy) is 3. The summed E-state index contributed by atoms with van der Waals surface area (Å²) >= 11 is 0. The highest BCUT2D eigenvalue weighted by molar-refractivity contribution is 5.95. The Labute approximate surface area is 229 Å². The minimum absolute atomic E-state index is 0.0539. The molecule has 2 aliphatic rings. The molecule has 2 amide bonds. The number of aromatic nitrogens is 2. The number of carbonyl (C=O) groups is 2. The first kappa shape index (κ1) is 26.6. The molecule has 0 atom stereocenters. The number of rotatable bonds is 5. The van der Waals surface area contributed by atoms with Crippen molar-refractivity contribution in [1.82, 2.24) is 20.0 Å². The largest absolute Gasteiger partial charge is 0.454 e. The SMILES string of the molecule is Cc1ccc(-n2ncc(C(=O)NCc3ccc4c(c3)OCO4)c2C2CCN(C(=O)OC(C)(C)C)CC2)c(C)c1. The van der Waals surface area contributed by atoms with Gasteiger partial charge in [-0.05, 0) is 76.8 Å². The first-order chi connectivity index (χ1) is 18.6. The van der Waals surface area contributed by atoms with E-state index in [2.05, 4.69) is 31.3 Å². The molecular formula is C30H36N4O5. The van der Waals surface area contributed by atoms with Crippen molar-refractivity contribution in [2.24, 2.45) is 0 Å². The van der Waals surface area contributed by atoms with Crippen molar-refractivity contribution in [2.45, 2.75) is 65.5 Å². The highest BCUT2D eigenvalue weighted by atomic mass is 16.7. The van der Waals surface area contributed by atoms with Crippen LogP contribution in [-0.4, -0.2) is 52.2 Å². The van der Waals surface area contributed by atoms with Crippen LogP contribution in [0.15, 0.2) is 42.6 Å². The van der Waals surface area contributed by atoms with E-state index in [4.69, 9.17) is 19.3 Å². The van der Waals surface area contributed by atoms with Crippen LogP contribution >= 0.6 is 0 Å². The summed E-state index contributed by atoms with van der Waals surface area (Å²) in [6.45, 7) is 11.4. The number of benzene rings is 2. The molecule has 3 aromatic rings. The average molecular weight is 533 g/mol. The van der Waals surface area contributed by atoms with Crippen molar-refractivity contribution >= 4 is 12.0 Å². The van der Waals surface area contributed by atoms with Gasteiger partial charge in [-0.15, -0.1) is 0 Å². The van der Waals surface area contributed by atoms with Crippen LogP contribution in [0.2, 0.25) is 0 Å². The summed E-state index contributed by atoms with van der Waals surface area (Å²) in [4.78, 5) is 27.9. The Morgan fingerprint density at radius 1 is 1.05 bits per heavy atom. The van der Waals surface area contributed by atoms with Crippen LogP contribution in [-0.2, 0) is 11.3 Å². The van der Waals surface area contributed by atoms with E-state index >= 15 is 0 Å². The summed E-state index contributed by atoms with van der Waals surface area (Å²) in [5.41, 5.74) is 4.98. The molecule has 39 heavy (non-hydrogen) atoms. The third-order valence-electron chi connectivity index (χ3n) is 7.05. The molecule has 9 nitrogen and oxygen atoms in total. The molecular weight excluding hydrogens is 496 g/mol. The molecule has 0 spiro atoms. The standard InChI is InChI=1S/C30H36N4O5/c1-19-6-8-24(20(2)14-19)34-27(22-10-12-33(13-11-22)29(36)39-30(3,4)5)23(17-32-34)28(35)31-16-21-7-9-25-26(15-21)38-18-37-25/h6-9,14-15,17,22H,10-13,16,18H2,1-5H3,(H,31,35). The number of amides is 2. The van der Waals surface area contributed by atoms with E-state index in [1.54, 1.807) is 11.1 Å². The van der Waals surface area contributed by atoms with E-state index in [9.17, 15) is 9.59 Å². The molecule has 9 heteroatoms. The van der Waals surface area contributed by atoms with E-state index in [0.717, 1.165) is 28.1 Å². The fourth-order valence-electron chi connectivity index (χ4n) is 5.15. The number of fused-ring (bicyclic) bond motifs is 1. The number of aryl methyl sites for hydroxylation is 2. The Bertz CT molecular complexity index is 1380. The van der Waals surface area contributed by atoms with Crippen LogP contribution in [0, 0.1) is 13.8 Å². The third kappa shape index (κ3) is 5.87. The van der Waals surface area contributed by atoms with Gasteiger partial charge in [-0.1, -0.05) is 23.8 Å². The lowest BCUT2D eigenvalue weighted by Crippen LogP contribution is -2.41. The van der Waals surface area contributed by atoms with E-state index in [1.165, 1.54) is 0 Å². The van der Waals surface area contributed by atoms with Gasteiger partial charge in [-0.3, -0.25) is 4.79 Å². The van der Waals surface area contributed by atoms with Gasteiger partial charge in [0.1, 0.15) is 5.60 Å². The van der Waals surface area contributed by atoms with Crippen LogP contribution in [0.1, 0.15) is 72.3 Å². The monoisotopic (exact) mass is 532 g/mol. The van der Waals surface area contributed by atoms with E-state index in [-0.39, 0.29) is 24.7 Å². The number of hydrogen-bond acceptors (Lipinski definition) is 6. The molecule has 0 unspecified atom stereocenters. The lowest BCUT2D eigenvalue weighted by Gasteiger charge is -2.34. The van der Waals surface area contributed by atoms with Crippen molar-refractivity contribution in [3.05, 3.63) is 70.5 Å². The van der Waals surface area contributed by atoms with Gasteiger partial charge in [0, 0.05) is 25.6 Å². The maximum atomic E-state index is 13.5. The summed E-state index contributed by atoms with van der Waals surface area (Å²) in [5, 5.41) is 7.75. The smallest absolute Gasteiger partial charge is 0.410 e. The molecule has 0 aliphatic carbocycles. The van der Waals surface area contributed by atoms with Gasteiger partial charge in [0.25, 0.3) is 5.91 Å². The fraction of sp³-hybridized carbons (Fsp3) is 0.433. The number of hydrogen-bond donors (Lipinski definition) is 1. The molecule has 206 valence electrons. The molecule has 0 bridgehead atoms. The van der Waals surface area contributed by atoms with E-state index in [1.807, 2.05) is 49.7 Å². The second-order valence-electron chi connectivity index (χ2n) is 11.3. The summed E-state index contributed by atoms with van der Waals surface area (Å²) in [6.07, 6.45) is 2.77. The second-order valence-corrected chi connectivity index (χ2v) is 11.3. The van der Waals surface area contributed by atoms with Crippen molar-refractivity contribution in [3.63, 3.8) is 0 Å². The molecule has 2 aliphatic heterocycles. The molecule has 1 fully saturated rings. The molecule has 1 saturated heterocycles. The van der Waals surface area contributed by atoms with Crippen LogP contribution in [0.5, 0.6) is 11.5 Å². The first-order valence-corrected chi connectivity index (χ1v) is 13.4. The predicted octanol–water partition coefficient (Wildman–Crippen LogP) is 5.26. The average Bonchev–Trinajstić information content (AvgIpc) is 3.53. The van der Waals surface area contributed by atoms with Gasteiger partial charge in [0.05, 0.1) is 23.1 Å². The van der Waals surface area contributed by atoms with Gasteiger partial charge >= 0.3 is 6.09 Å². The molecule has 3 heterocycles. The zero-order valence-corrected chi connectivity index (χ0v) is 23.2. The van der Waals surface area contributed by atoms with Gasteiger partial charge in [-0.25, -0.2) is 9.48 Å². The normalized spacial score (nSPS) is 15.4. The van der Waals surface area contributed by atoms with Crippen LogP contribution in [0.25, 0.3) is 5.69 Å². The fourth-order valence-corrected chi connectivity index (χ4v) is 5.15. The highest BCUT2D eigenvalue weighted by Gasteiger charge is 2.32. The van der Waals surface area contributed by atoms with Crippen LogP contribution in [0.4, 0.5) is 4.79 Å². The summed E-state index contributed by atoms with van der Waals surface area (Å²) in [5.74, 6) is 1.26. The molecule has 0 radical (unpaired) electrons. The molecule has 1 N–H and O–H groups in total. The van der Waals surface area contributed by atoms with Crippen LogP contribution < -0.4 is 14.8 Å². The lowest BCUT2D eigenvalue weighted by atomic mass is 9.90. The molecule has 5 rings (SSSR count). The maximum Gasteiger partial charge on any atom is 0.410 e. The Hall–Kier alpha value is -4.01. The zero-order valence-electron chi connectivity index (χ0n) is 23.2. The Morgan fingerprint density at radius 2 is 1.79 bits per heavy atom. The van der Waals surface area contributed by atoms with Crippen molar-refractivity contribution in [3.8, 4) is 17.2 Å². The summed E-state index contributed by atoms with van der Waals surface area (Å²) in [6, 6.07) is 11.9. The quantitative estimate of drug-likeness (QED) is 0.482. The van der Waals surface area contributed by atoms with Crippen molar-refractivity contribution in [2.75, 3.05) is 19.9 Å². The van der Waals surface area contributed by atoms with Crippen LogP contribution in [0.3, 0.4) is 0 Å². The molecule has 1 aromatic heterocycles. The van der Waals surface area contributed by atoms with Crippen molar-refractivity contribution in [1.29, 1.82) is 0 Å². The van der Waals surface area contributed by atoms with Crippen molar-refractivity contribution < 1.29 is 23.8 Å². The first-order valence-electron chi connectivity index (χ1n) is 13.4. The number of piperidine rings is 1. The Morgan fingerprint density at radius 3 is 2.51 bits per heavy atom. The minimum atomic E-state index is -0.543. The Balaban J connectivity index is 1.38. The number of carbonyl (C=O) groups excluding carboxylic acids is 2. The second kappa shape index (κ2) is 10.6. The number of nitrogens with one attached hydrogen (secondary N) is 1. The number of nitrogens with zero attached hydrogens (tertiary/aromatic N) is 3. The zero-order chi connectivity index (χ0) is 27.7. The maximum absolute atomic E-state index is 13.5. The highest BCUT2D eigenvalue weighted by Crippen LogP contribution is 2.34. The van der Waals surface area contributed by atoms with Gasteiger partial charge in [-0.2, -0.15) is 5.10 Å². The van der Waals surface area contributed by atoms with Gasteiger partial charge < -0.3 is 24.4 Å². The summed E-state index contributed by atoms with van der Waals surface area (Å²) in [7, 11) is 0. The topological polar surface area (TPSA) is 94.9 Å². The van der Waals surface area contributed by atoms with Gasteiger partial charge in [0.2, 0.25) is 6.79 Å². The van der Waals surface area contributed by atoms with Gasteiger partial charge in [0.15, 0.2) is 11.5 Å². The summed E-state index contributed by atoms with van der Waals surface area (Å²) < 4.78 is 18.3. The number of likely N-dealkylation sites (tertiary alicyclic amines) is 1.